The SMILES string of the molecule is O=C(O)CCC(=O)c1ccc2c(c1)CC(=O)NS2. The van der Waals surface area contributed by atoms with E-state index < -0.39 is 5.97 Å². The van der Waals surface area contributed by atoms with Crippen LogP contribution >= 0.6 is 11.9 Å². The van der Waals surface area contributed by atoms with E-state index in [9.17, 15) is 14.4 Å². The zero-order chi connectivity index (χ0) is 13.1. The highest BCUT2D eigenvalue weighted by Gasteiger charge is 2.17. The van der Waals surface area contributed by atoms with Gasteiger partial charge in [-0.2, -0.15) is 0 Å². The standard InChI is InChI=1S/C12H11NO4S/c14-9(2-4-12(16)17)7-1-3-10-8(5-7)6-11(15)13-18-10/h1,3,5H,2,4,6H2,(H,13,15)(H,16,17). The van der Waals surface area contributed by atoms with E-state index >= 15 is 0 Å². The van der Waals surface area contributed by atoms with Gasteiger partial charge >= 0.3 is 5.97 Å². The number of hydrogen-bond acceptors (Lipinski definition) is 4. The zero-order valence-corrected chi connectivity index (χ0v) is 10.3. The number of fused-ring (bicyclic) bond motifs is 1. The summed E-state index contributed by atoms with van der Waals surface area (Å²) in [6, 6.07) is 5.10. The van der Waals surface area contributed by atoms with Crippen molar-refractivity contribution in [2.75, 3.05) is 0 Å². The van der Waals surface area contributed by atoms with Crippen molar-refractivity contribution in [3.8, 4) is 0 Å². The number of nitrogens with one attached hydrogen (secondary N) is 1. The van der Waals surface area contributed by atoms with E-state index in [1.165, 1.54) is 11.9 Å². The van der Waals surface area contributed by atoms with Gasteiger partial charge in [0.15, 0.2) is 5.78 Å². The molecule has 1 aromatic carbocycles. The number of Topliss-reactive ketones (excluding diaryl/α,β-unsaturated/α-hetero) is 1. The quantitative estimate of drug-likeness (QED) is 0.635. The van der Waals surface area contributed by atoms with Crippen LogP contribution in [-0.2, 0) is 16.0 Å². The molecule has 0 bridgehead atoms. The number of rotatable bonds is 4. The summed E-state index contributed by atoms with van der Waals surface area (Å²) in [7, 11) is 0. The summed E-state index contributed by atoms with van der Waals surface area (Å²) in [6.45, 7) is 0. The van der Waals surface area contributed by atoms with Crippen molar-refractivity contribution >= 4 is 29.6 Å². The van der Waals surface area contributed by atoms with Crippen LogP contribution in [0.4, 0.5) is 0 Å². The summed E-state index contributed by atoms with van der Waals surface area (Å²) >= 11 is 1.23. The first-order chi connectivity index (χ1) is 8.56. The molecule has 6 heteroatoms. The fraction of sp³-hybridized carbons (Fsp3) is 0.250. The number of carboxylic acids is 1. The van der Waals surface area contributed by atoms with E-state index in [-0.39, 0.29) is 31.0 Å². The number of carbonyl (C=O) groups is 3. The minimum Gasteiger partial charge on any atom is -0.481 e. The predicted octanol–water partition coefficient (Wildman–Crippen LogP) is 1.41. The molecule has 0 saturated carbocycles. The molecule has 0 atom stereocenters. The first-order valence-electron chi connectivity index (χ1n) is 5.40. The number of carbonyl (C=O) groups excluding carboxylic acids is 2. The normalized spacial score (nSPS) is 13.7. The maximum absolute atomic E-state index is 11.7. The third-order valence-electron chi connectivity index (χ3n) is 2.57. The van der Waals surface area contributed by atoms with Gasteiger partial charge in [-0.3, -0.25) is 19.1 Å². The highest BCUT2D eigenvalue weighted by molar-refractivity contribution is 7.98. The zero-order valence-electron chi connectivity index (χ0n) is 9.43. The Kier molecular flexibility index (Phi) is 3.66. The summed E-state index contributed by atoms with van der Waals surface area (Å²) in [5.41, 5.74) is 1.27. The van der Waals surface area contributed by atoms with Gasteiger partial charge in [-0.25, -0.2) is 0 Å². The second-order valence-electron chi connectivity index (χ2n) is 3.94. The summed E-state index contributed by atoms with van der Waals surface area (Å²) in [5, 5.41) is 8.53. The topological polar surface area (TPSA) is 83.5 Å². The molecular weight excluding hydrogens is 254 g/mol. The molecular formula is C12H11NO4S. The average molecular weight is 265 g/mol. The van der Waals surface area contributed by atoms with E-state index in [2.05, 4.69) is 4.72 Å². The van der Waals surface area contributed by atoms with Gasteiger partial charge in [-0.15, -0.1) is 0 Å². The van der Waals surface area contributed by atoms with Gasteiger partial charge in [0.05, 0.1) is 12.8 Å². The number of hydrogen-bond donors (Lipinski definition) is 2. The molecule has 0 fully saturated rings. The molecule has 1 aliphatic heterocycles. The first kappa shape index (κ1) is 12.6. The van der Waals surface area contributed by atoms with Crippen LogP contribution in [0.1, 0.15) is 28.8 Å². The number of carboxylic acid groups (broad SMARTS) is 1. The second-order valence-corrected chi connectivity index (χ2v) is 4.79. The Hall–Kier alpha value is -1.82. The Morgan fingerprint density at radius 3 is 2.83 bits per heavy atom. The van der Waals surface area contributed by atoms with Crippen LogP contribution in [0.2, 0.25) is 0 Å². The smallest absolute Gasteiger partial charge is 0.303 e. The van der Waals surface area contributed by atoms with Gasteiger partial charge < -0.3 is 5.11 Å². The molecule has 1 amide bonds. The van der Waals surface area contributed by atoms with Gasteiger partial charge in [-0.1, -0.05) is 6.07 Å². The number of aliphatic carboxylic acids is 1. The van der Waals surface area contributed by atoms with Crippen molar-refractivity contribution < 1.29 is 19.5 Å². The molecule has 1 aromatic rings. The Morgan fingerprint density at radius 2 is 2.11 bits per heavy atom. The van der Waals surface area contributed by atoms with E-state index in [0.717, 1.165) is 10.5 Å². The van der Waals surface area contributed by atoms with Gasteiger partial charge in [0, 0.05) is 16.9 Å². The fourth-order valence-electron chi connectivity index (χ4n) is 1.68. The van der Waals surface area contributed by atoms with Crippen molar-refractivity contribution in [3.63, 3.8) is 0 Å². The first-order valence-corrected chi connectivity index (χ1v) is 6.21. The Balaban J connectivity index is 2.15. The van der Waals surface area contributed by atoms with Crippen LogP contribution in [0.15, 0.2) is 23.1 Å². The van der Waals surface area contributed by atoms with E-state index in [0.29, 0.717) is 5.56 Å². The van der Waals surface area contributed by atoms with Crippen molar-refractivity contribution in [1.29, 1.82) is 0 Å². The lowest BCUT2D eigenvalue weighted by atomic mass is 10.0. The molecule has 1 aliphatic rings. The van der Waals surface area contributed by atoms with Crippen molar-refractivity contribution in [1.82, 2.24) is 4.72 Å². The van der Waals surface area contributed by atoms with Gasteiger partial charge in [0.25, 0.3) is 0 Å². The van der Waals surface area contributed by atoms with Crippen LogP contribution in [-0.4, -0.2) is 22.8 Å². The summed E-state index contributed by atoms with van der Waals surface area (Å²) in [6.07, 6.45) is 0.0565. The monoisotopic (exact) mass is 265 g/mol. The Bertz CT molecular complexity index is 527. The highest BCUT2D eigenvalue weighted by atomic mass is 32.2. The van der Waals surface area contributed by atoms with Crippen LogP contribution in [0.5, 0.6) is 0 Å². The second kappa shape index (κ2) is 5.22. The molecule has 0 aliphatic carbocycles. The van der Waals surface area contributed by atoms with Crippen molar-refractivity contribution in [3.05, 3.63) is 29.3 Å². The predicted molar refractivity (Wildman–Crippen MR) is 65.3 cm³/mol. The molecule has 0 aromatic heterocycles. The molecule has 94 valence electrons. The third-order valence-corrected chi connectivity index (χ3v) is 3.52. The fourth-order valence-corrected chi connectivity index (χ4v) is 2.37. The molecule has 2 rings (SSSR count). The minimum atomic E-state index is -0.990. The van der Waals surface area contributed by atoms with E-state index in [4.69, 9.17) is 5.11 Å². The summed E-state index contributed by atoms with van der Waals surface area (Å²) < 4.78 is 2.64. The van der Waals surface area contributed by atoms with E-state index in [1.54, 1.807) is 18.2 Å². The average Bonchev–Trinajstić information content (AvgIpc) is 2.34. The lowest BCUT2D eigenvalue weighted by Gasteiger charge is -2.15. The molecule has 18 heavy (non-hydrogen) atoms. The molecule has 0 saturated heterocycles. The van der Waals surface area contributed by atoms with Crippen molar-refractivity contribution in [2.24, 2.45) is 0 Å². The maximum Gasteiger partial charge on any atom is 0.303 e. The number of ketones is 1. The molecule has 0 unspecified atom stereocenters. The number of amides is 1. The van der Waals surface area contributed by atoms with Crippen LogP contribution in [0, 0.1) is 0 Å². The van der Waals surface area contributed by atoms with Gasteiger partial charge in [-0.05, 0) is 29.6 Å². The molecule has 0 spiro atoms. The molecule has 5 nitrogen and oxygen atoms in total. The lowest BCUT2D eigenvalue weighted by molar-refractivity contribution is -0.137. The van der Waals surface area contributed by atoms with Crippen LogP contribution in [0.25, 0.3) is 0 Å². The molecule has 1 heterocycles. The van der Waals surface area contributed by atoms with Crippen LogP contribution in [0.3, 0.4) is 0 Å². The van der Waals surface area contributed by atoms with Crippen molar-refractivity contribution in [2.45, 2.75) is 24.2 Å². The highest BCUT2D eigenvalue weighted by Crippen LogP contribution is 2.26. The summed E-state index contributed by atoms with van der Waals surface area (Å²) in [4.78, 5) is 34.3. The molecule has 2 N–H and O–H groups in total. The Labute approximate surface area is 108 Å². The summed E-state index contributed by atoms with van der Waals surface area (Å²) in [5.74, 6) is -1.30. The minimum absolute atomic E-state index is 0.0204. The van der Waals surface area contributed by atoms with E-state index in [1.807, 2.05) is 0 Å². The Morgan fingerprint density at radius 1 is 1.33 bits per heavy atom. The van der Waals surface area contributed by atoms with Gasteiger partial charge in [0.2, 0.25) is 5.91 Å². The third kappa shape index (κ3) is 2.89. The lowest BCUT2D eigenvalue weighted by Crippen LogP contribution is -2.23. The van der Waals surface area contributed by atoms with Crippen LogP contribution < -0.4 is 4.72 Å². The maximum atomic E-state index is 11.7. The number of benzene rings is 1. The largest absolute Gasteiger partial charge is 0.481 e. The van der Waals surface area contributed by atoms with Gasteiger partial charge in [0.1, 0.15) is 0 Å². The molecule has 0 radical (unpaired) electrons.